The van der Waals surface area contributed by atoms with Crippen LogP contribution >= 0.6 is 0 Å². The van der Waals surface area contributed by atoms with Crippen molar-refractivity contribution >= 4 is 5.91 Å². The van der Waals surface area contributed by atoms with Crippen molar-refractivity contribution in [2.75, 3.05) is 32.8 Å². The van der Waals surface area contributed by atoms with Gasteiger partial charge < -0.3 is 10.1 Å². The molecule has 1 saturated heterocycles. The molecule has 1 aliphatic rings. The lowest BCUT2D eigenvalue weighted by Gasteiger charge is -2.35. The summed E-state index contributed by atoms with van der Waals surface area (Å²) in [6.45, 7) is 10.3. The number of benzene rings is 2. The fourth-order valence-corrected chi connectivity index (χ4v) is 3.45. The third-order valence-corrected chi connectivity index (χ3v) is 5.24. The van der Waals surface area contributed by atoms with Gasteiger partial charge in [-0.05, 0) is 36.1 Å². The molecule has 1 fully saturated rings. The Hall–Kier alpha value is -2.17. The number of hydrogen-bond donors (Lipinski definition) is 1. The predicted octanol–water partition coefficient (Wildman–Crippen LogP) is 3.92. The average Bonchev–Trinajstić information content (AvgIpc) is 2.69. The molecule has 0 spiro atoms. The van der Waals surface area contributed by atoms with Gasteiger partial charge in [-0.1, -0.05) is 55.8 Å². The number of ether oxygens (including phenoxy) is 1. The molecule has 0 aliphatic carbocycles. The lowest BCUT2D eigenvalue weighted by molar-refractivity contribution is 0.0162. The van der Waals surface area contributed by atoms with Gasteiger partial charge in [0.1, 0.15) is 0 Å². The summed E-state index contributed by atoms with van der Waals surface area (Å²) < 4.78 is 5.51. The second-order valence-corrected chi connectivity index (χ2v) is 7.56. The normalized spacial score (nSPS) is 16.3. The summed E-state index contributed by atoms with van der Waals surface area (Å²) in [5.74, 6) is 0.495. The maximum absolute atomic E-state index is 12.6. The smallest absolute Gasteiger partial charge is 0.251 e. The van der Waals surface area contributed by atoms with Gasteiger partial charge in [0, 0.05) is 25.2 Å². The molecule has 3 rings (SSSR count). The van der Waals surface area contributed by atoms with Gasteiger partial charge in [-0.3, -0.25) is 9.69 Å². The molecule has 1 amide bonds. The summed E-state index contributed by atoms with van der Waals surface area (Å²) in [7, 11) is 0. The van der Waals surface area contributed by atoms with E-state index >= 15 is 0 Å². The van der Waals surface area contributed by atoms with Crippen LogP contribution in [0.25, 0.3) is 0 Å². The standard InChI is InChI=1S/C23H30N2O2/c1-17(2)19-8-10-20(11-9-19)22(25-12-14-27-15-13-25)16-24-23(26)21-6-4-18(3)5-7-21/h4-11,17,22H,12-16H2,1-3H3,(H,24,26). The monoisotopic (exact) mass is 366 g/mol. The van der Waals surface area contributed by atoms with Gasteiger partial charge in [0.15, 0.2) is 0 Å². The molecule has 1 N–H and O–H groups in total. The summed E-state index contributed by atoms with van der Waals surface area (Å²) in [6.07, 6.45) is 0. The number of morpholine rings is 1. The second-order valence-electron chi connectivity index (χ2n) is 7.56. The Morgan fingerprint density at radius 3 is 2.19 bits per heavy atom. The van der Waals surface area contributed by atoms with Crippen LogP contribution in [-0.2, 0) is 4.74 Å². The van der Waals surface area contributed by atoms with E-state index in [1.165, 1.54) is 11.1 Å². The number of nitrogens with zero attached hydrogens (tertiary/aromatic N) is 1. The van der Waals surface area contributed by atoms with E-state index in [4.69, 9.17) is 4.74 Å². The van der Waals surface area contributed by atoms with E-state index in [-0.39, 0.29) is 11.9 Å². The Bertz CT molecular complexity index is 732. The highest BCUT2D eigenvalue weighted by molar-refractivity contribution is 5.94. The van der Waals surface area contributed by atoms with Crippen LogP contribution < -0.4 is 5.32 Å². The first-order chi connectivity index (χ1) is 13.0. The molecular formula is C23H30N2O2. The van der Waals surface area contributed by atoms with Crippen molar-refractivity contribution in [1.29, 1.82) is 0 Å². The number of rotatable bonds is 6. The minimum Gasteiger partial charge on any atom is -0.379 e. The van der Waals surface area contributed by atoms with Crippen molar-refractivity contribution in [1.82, 2.24) is 10.2 Å². The van der Waals surface area contributed by atoms with Crippen LogP contribution in [0.5, 0.6) is 0 Å². The molecule has 0 radical (unpaired) electrons. The van der Waals surface area contributed by atoms with Crippen LogP contribution in [0.4, 0.5) is 0 Å². The maximum atomic E-state index is 12.6. The molecule has 1 atom stereocenters. The van der Waals surface area contributed by atoms with E-state index in [0.717, 1.165) is 31.9 Å². The van der Waals surface area contributed by atoms with E-state index in [0.29, 0.717) is 18.0 Å². The lowest BCUT2D eigenvalue weighted by Crippen LogP contribution is -2.43. The largest absolute Gasteiger partial charge is 0.379 e. The number of carbonyl (C=O) groups is 1. The van der Waals surface area contributed by atoms with Gasteiger partial charge in [0.05, 0.1) is 19.3 Å². The first-order valence-electron chi connectivity index (χ1n) is 9.81. The molecule has 0 saturated carbocycles. The van der Waals surface area contributed by atoms with Crippen molar-refractivity contribution in [2.45, 2.75) is 32.7 Å². The number of hydrogen-bond acceptors (Lipinski definition) is 3. The molecule has 27 heavy (non-hydrogen) atoms. The molecule has 0 bridgehead atoms. The van der Waals surface area contributed by atoms with Crippen LogP contribution in [0.15, 0.2) is 48.5 Å². The Labute approximate surface area is 162 Å². The summed E-state index contributed by atoms with van der Waals surface area (Å²) in [5.41, 5.74) is 4.44. The van der Waals surface area contributed by atoms with E-state index in [2.05, 4.69) is 48.3 Å². The molecule has 1 aliphatic heterocycles. The molecule has 144 valence electrons. The molecule has 4 heteroatoms. The molecule has 2 aromatic rings. The zero-order chi connectivity index (χ0) is 19.2. The van der Waals surface area contributed by atoms with Gasteiger partial charge in [0.2, 0.25) is 0 Å². The van der Waals surface area contributed by atoms with E-state index in [1.54, 1.807) is 0 Å². The summed E-state index contributed by atoms with van der Waals surface area (Å²) >= 11 is 0. The minimum atomic E-state index is -0.0212. The highest BCUT2D eigenvalue weighted by Gasteiger charge is 2.23. The quantitative estimate of drug-likeness (QED) is 0.842. The van der Waals surface area contributed by atoms with Crippen molar-refractivity contribution in [2.24, 2.45) is 0 Å². The summed E-state index contributed by atoms with van der Waals surface area (Å²) in [4.78, 5) is 15.0. The first-order valence-corrected chi connectivity index (χ1v) is 9.81. The Morgan fingerprint density at radius 1 is 1.00 bits per heavy atom. The third kappa shape index (κ3) is 5.18. The number of aryl methyl sites for hydroxylation is 1. The van der Waals surface area contributed by atoms with Gasteiger partial charge in [-0.25, -0.2) is 0 Å². The summed E-state index contributed by atoms with van der Waals surface area (Å²) in [6, 6.07) is 16.7. The van der Waals surface area contributed by atoms with Crippen molar-refractivity contribution in [3.05, 3.63) is 70.8 Å². The van der Waals surface area contributed by atoms with E-state index in [1.807, 2.05) is 31.2 Å². The first kappa shape index (κ1) is 19.6. The van der Waals surface area contributed by atoms with E-state index in [9.17, 15) is 4.79 Å². The number of amides is 1. The molecule has 0 aromatic heterocycles. The van der Waals surface area contributed by atoms with E-state index < -0.39 is 0 Å². The Morgan fingerprint density at radius 2 is 1.59 bits per heavy atom. The minimum absolute atomic E-state index is 0.0212. The van der Waals surface area contributed by atoms with Crippen LogP contribution in [-0.4, -0.2) is 43.7 Å². The van der Waals surface area contributed by atoms with Crippen molar-refractivity contribution < 1.29 is 9.53 Å². The summed E-state index contributed by atoms with van der Waals surface area (Å²) in [5, 5.41) is 3.13. The molecule has 4 nitrogen and oxygen atoms in total. The van der Waals surface area contributed by atoms with Gasteiger partial charge in [-0.2, -0.15) is 0 Å². The highest BCUT2D eigenvalue weighted by atomic mass is 16.5. The molecule has 2 aromatic carbocycles. The van der Waals surface area contributed by atoms with Gasteiger partial charge in [0.25, 0.3) is 5.91 Å². The second kappa shape index (κ2) is 9.16. The highest BCUT2D eigenvalue weighted by Crippen LogP contribution is 2.24. The number of nitrogens with one attached hydrogen (secondary N) is 1. The fourth-order valence-electron chi connectivity index (χ4n) is 3.45. The van der Waals surface area contributed by atoms with Crippen molar-refractivity contribution in [3.63, 3.8) is 0 Å². The lowest BCUT2D eigenvalue weighted by atomic mass is 9.98. The van der Waals surface area contributed by atoms with Gasteiger partial charge >= 0.3 is 0 Å². The zero-order valence-corrected chi connectivity index (χ0v) is 16.6. The van der Waals surface area contributed by atoms with Crippen LogP contribution in [0.1, 0.15) is 52.9 Å². The topological polar surface area (TPSA) is 41.6 Å². The van der Waals surface area contributed by atoms with Gasteiger partial charge in [-0.15, -0.1) is 0 Å². The van der Waals surface area contributed by atoms with Crippen LogP contribution in [0.3, 0.4) is 0 Å². The van der Waals surface area contributed by atoms with Crippen LogP contribution in [0, 0.1) is 6.92 Å². The predicted molar refractivity (Wildman–Crippen MR) is 109 cm³/mol. The van der Waals surface area contributed by atoms with Crippen LogP contribution in [0.2, 0.25) is 0 Å². The Kier molecular flexibility index (Phi) is 6.64. The molecule has 1 unspecified atom stereocenters. The third-order valence-electron chi connectivity index (χ3n) is 5.24. The molecule has 1 heterocycles. The average molecular weight is 367 g/mol. The fraction of sp³-hybridized carbons (Fsp3) is 0.435. The zero-order valence-electron chi connectivity index (χ0n) is 16.6. The maximum Gasteiger partial charge on any atom is 0.251 e. The SMILES string of the molecule is Cc1ccc(C(=O)NCC(c2ccc(C(C)C)cc2)N2CCOCC2)cc1. The number of carbonyl (C=O) groups excluding carboxylic acids is 1. The van der Waals surface area contributed by atoms with Crippen molar-refractivity contribution in [3.8, 4) is 0 Å². The Balaban J connectivity index is 1.73. The molecular weight excluding hydrogens is 336 g/mol.